The highest BCUT2D eigenvalue weighted by Gasteiger charge is 1.94. The minimum Gasteiger partial charge on any atom is -0.385 e. The summed E-state index contributed by atoms with van der Waals surface area (Å²) >= 11 is 0. The topological polar surface area (TPSA) is 66.0 Å². The number of nitrogens with two attached hydrogens (primary N) is 1. The number of unbranched alkanes of at least 4 members (excludes halogenated alkanes) is 1. The fraction of sp³-hybridized carbons (Fsp3) is 0.714. The Morgan fingerprint density at radius 3 is 3.00 bits per heavy atom. The molecule has 0 radical (unpaired) electrons. The van der Waals surface area contributed by atoms with Gasteiger partial charge in [-0.05, 0) is 12.8 Å². The van der Waals surface area contributed by atoms with Crippen LogP contribution >= 0.6 is 0 Å². The maximum absolute atomic E-state index is 5.39. The van der Waals surface area contributed by atoms with Crippen molar-refractivity contribution in [1.29, 1.82) is 0 Å². The van der Waals surface area contributed by atoms with Gasteiger partial charge >= 0.3 is 0 Å². The first-order valence-electron chi connectivity index (χ1n) is 3.97. The Balaban J connectivity index is 2.15. The van der Waals surface area contributed by atoms with Crippen LogP contribution in [0.15, 0.2) is 6.20 Å². The summed E-state index contributed by atoms with van der Waals surface area (Å²) in [6.07, 6.45) is 3.81. The second kappa shape index (κ2) is 4.71. The highest BCUT2D eigenvalue weighted by molar-refractivity contribution is 5.19. The van der Waals surface area contributed by atoms with E-state index in [4.69, 9.17) is 10.5 Å². The van der Waals surface area contributed by atoms with Crippen LogP contribution in [0.1, 0.15) is 12.8 Å². The Bertz CT molecular complexity index is 223. The van der Waals surface area contributed by atoms with Crippen LogP contribution in [0.2, 0.25) is 0 Å². The Hall–Kier alpha value is -1.10. The molecule has 0 atom stereocenters. The van der Waals surface area contributed by atoms with Crippen LogP contribution in [0.25, 0.3) is 0 Å². The Morgan fingerprint density at radius 2 is 2.42 bits per heavy atom. The van der Waals surface area contributed by atoms with Crippen molar-refractivity contribution in [3.63, 3.8) is 0 Å². The number of hydrogen-bond acceptors (Lipinski definition) is 4. The molecule has 0 saturated heterocycles. The first-order chi connectivity index (χ1) is 5.83. The Morgan fingerprint density at radius 1 is 1.58 bits per heavy atom. The van der Waals surface area contributed by atoms with Gasteiger partial charge in [0.1, 0.15) is 0 Å². The van der Waals surface area contributed by atoms with E-state index in [0.29, 0.717) is 5.82 Å². The van der Waals surface area contributed by atoms with Crippen molar-refractivity contribution in [3.8, 4) is 0 Å². The molecule has 0 bridgehead atoms. The minimum absolute atomic E-state index is 0.474. The van der Waals surface area contributed by atoms with Crippen LogP contribution in [0, 0.1) is 0 Å². The molecule has 0 aliphatic carbocycles. The lowest BCUT2D eigenvalue weighted by Crippen LogP contribution is -2.00. The van der Waals surface area contributed by atoms with Gasteiger partial charge in [-0.25, -0.2) is 0 Å². The third-order valence-electron chi connectivity index (χ3n) is 1.54. The zero-order valence-corrected chi connectivity index (χ0v) is 7.23. The van der Waals surface area contributed by atoms with Gasteiger partial charge < -0.3 is 10.5 Å². The SMILES string of the molecule is COCCCCn1cc(N)nn1. The number of aromatic nitrogens is 3. The average Bonchev–Trinajstić information content (AvgIpc) is 2.45. The summed E-state index contributed by atoms with van der Waals surface area (Å²) in [6.45, 7) is 1.65. The van der Waals surface area contributed by atoms with Crippen molar-refractivity contribution in [2.75, 3.05) is 19.5 Å². The molecule has 5 nitrogen and oxygen atoms in total. The Labute approximate surface area is 71.5 Å². The molecule has 0 saturated carbocycles. The molecule has 5 heteroatoms. The zero-order valence-electron chi connectivity index (χ0n) is 7.23. The van der Waals surface area contributed by atoms with E-state index in [2.05, 4.69) is 10.3 Å². The molecule has 0 aliphatic rings. The van der Waals surface area contributed by atoms with E-state index >= 15 is 0 Å². The molecule has 0 fully saturated rings. The zero-order chi connectivity index (χ0) is 8.81. The van der Waals surface area contributed by atoms with Crippen LogP contribution in [-0.2, 0) is 11.3 Å². The number of nitrogens with zero attached hydrogens (tertiary/aromatic N) is 3. The number of methoxy groups -OCH3 is 1. The number of nitrogen functional groups attached to an aromatic ring is 1. The van der Waals surface area contributed by atoms with E-state index in [1.165, 1.54) is 0 Å². The number of ether oxygens (including phenoxy) is 1. The smallest absolute Gasteiger partial charge is 0.165 e. The van der Waals surface area contributed by atoms with Gasteiger partial charge in [-0.2, -0.15) is 0 Å². The van der Waals surface area contributed by atoms with Gasteiger partial charge in [0.2, 0.25) is 0 Å². The molecule has 0 amide bonds. The van der Waals surface area contributed by atoms with Gasteiger partial charge in [0.25, 0.3) is 0 Å². The molecule has 2 N–H and O–H groups in total. The predicted octanol–water partition coefficient (Wildman–Crippen LogP) is 0.287. The number of aryl methyl sites for hydroxylation is 1. The molecule has 12 heavy (non-hydrogen) atoms. The predicted molar refractivity (Wildman–Crippen MR) is 45.5 cm³/mol. The van der Waals surface area contributed by atoms with Crippen LogP contribution in [0.4, 0.5) is 5.82 Å². The minimum atomic E-state index is 0.474. The van der Waals surface area contributed by atoms with Crippen LogP contribution in [-0.4, -0.2) is 28.7 Å². The summed E-state index contributed by atoms with van der Waals surface area (Å²) in [5, 5.41) is 7.49. The number of rotatable bonds is 5. The third kappa shape index (κ3) is 2.87. The van der Waals surface area contributed by atoms with Crippen molar-refractivity contribution in [2.24, 2.45) is 0 Å². The van der Waals surface area contributed by atoms with E-state index in [1.54, 1.807) is 18.0 Å². The molecule has 0 unspecified atom stereocenters. The van der Waals surface area contributed by atoms with E-state index in [-0.39, 0.29) is 0 Å². The van der Waals surface area contributed by atoms with E-state index in [9.17, 15) is 0 Å². The van der Waals surface area contributed by atoms with Crippen LogP contribution in [0.3, 0.4) is 0 Å². The molecule has 68 valence electrons. The van der Waals surface area contributed by atoms with Gasteiger partial charge in [-0.3, -0.25) is 4.68 Å². The fourth-order valence-electron chi connectivity index (χ4n) is 0.943. The van der Waals surface area contributed by atoms with Crippen LogP contribution < -0.4 is 5.73 Å². The second-order valence-corrected chi connectivity index (χ2v) is 2.61. The quantitative estimate of drug-likeness (QED) is 0.645. The molecule has 0 spiro atoms. The summed E-state index contributed by atoms with van der Waals surface area (Å²) < 4.78 is 6.66. The molecule has 1 aromatic rings. The molecular formula is C7H14N4O. The summed E-state index contributed by atoms with van der Waals surface area (Å²) in [4.78, 5) is 0. The lowest BCUT2D eigenvalue weighted by atomic mass is 10.3. The van der Waals surface area contributed by atoms with E-state index < -0.39 is 0 Å². The van der Waals surface area contributed by atoms with Gasteiger partial charge in [-0.15, -0.1) is 5.10 Å². The monoisotopic (exact) mass is 170 g/mol. The number of anilines is 1. The first-order valence-corrected chi connectivity index (χ1v) is 3.97. The standard InChI is InChI=1S/C7H14N4O/c1-12-5-3-2-4-11-6-7(8)9-10-11/h6H,2-5,8H2,1H3. The fourth-order valence-corrected chi connectivity index (χ4v) is 0.943. The maximum Gasteiger partial charge on any atom is 0.165 e. The molecule has 1 aromatic heterocycles. The lowest BCUT2D eigenvalue weighted by Gasteiger charge is -1.98. The summed E-state index contributed by atoms with van der Waals surface area (Å²) in [5.74, 6) is 0.474. The van der Waals surface area contributed by atoms with Crippen LogP contribution in [0.5, 0.6) is 0 Å². The van der Waals surface area contributed by atoms with Crippen molar-refractivity contribution in [1.82, 2.24) is 15.0 Å². The summed E-state index contributed by atoms with van der Waals surface area (Å²) in [7, 11) is 1.70. The largest absolute Gasteiger partial charge is 0.385 e. The van der Waals surface area contributed by atoms with Crippen molar-refractivity contribution >= 4 is 5.82 Å². The Kier molecular flexibility index (Phi) is 3.53. The van der Waals surface area contributed by atoms with Gasteiger partial charge in [0.05, 0.1) is 6.20 Å². The molecule has 0 aliphatic heterocycles. The molecule has 1 heterocycles. The third-order valence-corrected chi connectivity index (χ3v) is 1.54. The highest BCUT2D eigenvalue weighted by atomic mass is 16.5. The van der Waals surface area contributed by atoms with E-state index in [1.807, 2.05) is 0 Å². The number of hydrogen-bond donors (Lipinski definition) is 1. The highest BCUT2D eigenvalue weighted by Crippen LogP contribution is 1.96. The normalized spacial score (nSPS) is 10.4. The molecular weight excluding hydrogens is 156 g/mol. The molecule has 0 aromatic carbocycles. The lowest BCUT2D eigenvalue weighted by molar-refractivity contribution is 0.191. The van der Waals surface area contributed by atoms with Gasteiger partial charge in [0.15, 0.2) is 5.82 Å². The summed E-state index contributed by atoms with van der Waals surface area (Å²) in [5.41, 5.74) is 5.39. The van der Waals surface area contributed by atoms with Gasteiger partial charge in [-0.1, -0.05) is 5.21 Å². The van der Waals surface area contributed by atoms with Crippen molar-refractivity contribution in [3.05, 3.63) is 6.20 Å². The molecule has 1 rings (SSSR count). The second-order valence-electron chi connectivity index (χ2n) is 2.61. The average molecular weight is 170 g/mol. The maximum atomic E-state index is 5.39. The van der Waals surface area contributed by atoms with Crippen molar-refractivity contribution in [2.45, 2.75) is 19.4 Å². The van der Waals surface area contributed by atoms with Gasteiger partial charge in [0, 0.05) is 20.3 Å². The first kappa shape index (κ1) is 8.99. The van der Waals surface area contributed by atoms with E-state index in [0.717, 1.165) is 26.0 Å². The van der Waals surface area contributed by atoms with Crippen molar-refractivity contribution < 1.29 is 4.74 Å². The summed E-state index contributed by atoms with van der Waals surface area (Å²) in [6, 6.07) is 0.